The number of hydrogen-bond acceptors (Lipinski definition) is 3. The molecule has 0 fully saturated rings. The van der Waals surface area contributed by atoms with Crippen LogP contribution in [0.4, 0.5) is 15.9 Å². The Hall–Kier alpha value is -3.35. The lowest BCUT2D eigenvalue weighted by Gasteiger charge is -2.17. The summed E-state index contributed by atoms with van der Waals surface area (Å²) >= 11 is 0. The zero-order valence-corrected chi connectivity index (χ0v) is 12.7. The number of nitrogens with zero attached hydrogens (tertiary/aromatic N) is 1. The fourth-order valence-electron chi connectivity index (χ4n) is 2.55. The molecule has 1 amide bonds. The molecule has 3 rings (SSSR count). The second kappa shape index (κ2) is 5.69. The number of carbonyl (C=O) groups excluding carboxylic acids is 1. The number of amides is 1. The first-order chi connectivity index (χ1) is 11.4. The molecular formula is C17H14FN3O3. The van der Waals surface area contributed by atoms with Crippen LogP contribution >= 0.6 is 0 Å². The number of aromatic nitrogens is 1. The van der Waals surface area contributed by atoms with Crippen molar-refractivity contribution < 1.29 is 19.1 Å². The zero-order chi connectivity index (χ0) is 17.4. The Labute approximate surface area is 136 Å². The molecular weight excluding hydrogens is 313 g/mol. The standard InChI is InChI=1S/C17H14FN3O3/c1-21(16(22)9-2-4-10(18)5-3-9)11-6-7-12-13(8-11)20-15(19)14(12)17(23)24/h2-8,20H,19H2,1H3,(H,23,24). The second-order valence-corrected chi connectivity index (χ2v) is 5.32. The first kappa shape index (κ1) is 15.5. The number of carbonyl (C=O) groups is 2. The number of nitrogens with two attached hydrogens (primary N) is 1. The lowest BCUT2D eigenvalue weighted by Crippen LogP contribution is -2.26. The van der Waals surface area contributed by atoms with Gasteiger partial charge in [-0.15, -0.1) is 0 Å². The first-order valence-corrected chi connectivity index (χ1v) is 7.06. The van der Waals surface area contributed by atoms with Crippen molar-refractivity contribution in [2.24, 2.45) is 0 Å². The van der Waals surface area contributed by atoms with E-state index in [4.69, 9.17) is 5.73 Å². The normalized spacial score (nSPS) is 10.8. The number of anilines is 2. The highest BCUT2D eigenvalue weighted by atomic mass is 19.1. The highest BCUT2D eigenvalue weighted by molar-refractivity contribution is 6.10. The quantitative estimate of drug-likeness (QED) is 0.688. The summed E-state index contributed by atoms with van der Waals surface area (Å²) in [5.74, 6) is -1.80. The summed E-state index contributed by atoms with van der Waals surface area (Å²) in [5.41, 5.74) is 7.11. The summed E-state index contributed by atoms with van der Waals surface area (Å²) in [4.78, 5) is 27.9. The summed E-state index contributed by atoms with van der Waals surface area (Å²) in [7, 11) is 1.58. The average molecular weight is 327 g/mol. The fraction of sp³-hybridized carbons (Fsp3) is 0.0588. The number of halogens is 1. The topological polar surface area (TPSA) is 99.4 Å². The molecule has 0 aliphatic carbocycles. The van der Waals surface area contributed by atoms with Gasteiger partial charge in [-0.1, -0.05) is 0 Å². The molecule has 1 heterocycles. The van der Waals surface area contributed by atoms with E-state index >= 15 is 0 Å². The lowest BCUT2D eigenvalue weighted by molar-refractivity contribution is 0.0700. The van der Waals surface area contributed by atoms with Crippen molar-refractivity contribution in [3.8, 4) is 0 Å². The van der Waals surface area contributed by atoms with E-state index in [-0.39, 0.29) is 17.3 Å². The summed E-state index contributed by atoms with van der Waals surface area (Å²) in [5, 5.41) is 9.66. The van der Waals surface area contributed by atoms with Crippen LogP contribution in [0, 0.1) is 5.82 Å². The van der Waals surface area contributed by atoms with Crippen molar-refractivity contribution in [1.82, 2.24) is 4.98 Å². The first-order valence-electron chi connectivity index (χ1n) is 7.06. The molecule has 0 aliphatic heterocycles. The van der Waals surface area contributed by atoms with E-state index in [9.17, 15) is 19.1 Å². The van der Waals surface area contributed by atoms with Gasteiger partial charge in [-0.25, -0.2) is 9.18 Å². The number of nitrogens with one attached hydrogen (secondary N) is 1. The van der Waals surface area contributed by atoms with Crippen molar-refractivity contribution in [2.45, 2.75) is 0 Å². The zero-order valence-electron chi connectivity index (χ0n) is 12.7. The number of carboxylic acids is 1. The van der Waals surface area contributed by atoms with E-state index < -0.39 is 11.8 Å². The molecule has 0 unspecified atom stereocenters. The van der Waals surface area contributed by atoms with Gasteiger partial charge in [0.1, 0.15) is 17.2 Å². The van der Waals surface area contributed by atoms with E-state index in [0.717, 1.165) is 0 Å². The van der Waals surface area contributed by atoms with Gasteiger partial charge < -0.3 is 20.7 Å². The number of hydrogen-bond donors (Lipinski definition) is 3. The number of fused-ring (bicyclic) bond motifs is 1. The predicted molar refractivity (Wildman–Crippen MR) is 88.8 cm³/mol. The van der Waals surface area contributed by atoms with Gasteiger partial charge in [0.05, 0.1) is 0 Å². The van der Waals surface area contributed by atoms with Crippen LogP contribution in [0.1, 0.15) is 20.7 Å². The molecule has 0 bridgehead atoms. The van der Waals surface area contributed by atoms with Gasteiger partial charge in [0, 0.05) is 29.2 Å². The third kappa shape index (κ3) is 2.56. The third-order valence-electron chi connectivity index (χ3n) is 3.81. The Kier molecular flexibility index (Phi) is 3.69. The second-order valence-electron chi connectivity index (χ2n) is 5.32. The highest BCUT2D eigenvalue weighted by Gasteiger charge is 2.18. The molecule has 1 aromatic heterocycles. The minimum atomic E-state index is -1.12. The van der Waals surface area contributed by atoms with E-state index in [0.29, 0.717) is 22.2 Å². The van der Waals surface area contributed by atoms with Gasteiger partial charge >= 0.3 is 5.97 Å². The van der Waals surface area contributed by atoms with Crippen molar-refractivity contribution in [3.63, 3.8) is 0 Å². The summed E-state index contributed by atoms with van der Waals surface area (Å²) in [6, 6.07) is 10.1. The molecule has 24 heavy (non-hydrogen) atoms. The van der Waals surface area contributed by atoms with Crippen LogP contribution in [0.5, 0.6) is 0 Å². The van der Waals surface area contributed by atoms with Crippen LogP contribution in [-0.4, -0.2) is 29.0 Å². The van der Waals surface area contributed by atoms with Crippen LogP contribution in [0.3, 0.4) is 0 Å². The van der Waals surface area contributed by atoms with Crippen molar-refractivity contribution in [2.75, 3.05) is 17.7 Å². The van der Waals surface area contributed by atoms with Crippen LogP contribution < -0.4 is 10.6 Å². The van der Waals surface area contributed by atoms with Gasteiger partial charge in [-0.3, -0.25) is 4.79 Å². The number of nitrogen functional groups attached to an aromatic ring is 1. The number of aromatic amines is 1. The molecule has 0 saturated carbocycles. The third-order valence-corrected chi connectivity index (χ3v) is 3.81. The number of aromatic carboxylic acids is 1. The van der Waals surface area contributed by atoms with E-state index in [1.54, 1.807) is 25.2 Å². The maximum Gasteiger partial charge on any atom is 0.340 e. The molecule has 0 spiro atoms. The molecule has 0 radical (unpaired) electrons. The van der Waals surface area contributed by atoms with Crippen molar-refractivity contribution >= 4 is 34.3 Å². The summed E-state index contributed by atoms with van der Waals surface area (Å²) in [6.07, 6.45) is 0. The van der Waals surface area contributed by atoms with Crippen LogP contribution in [0.2, 0.25) is 0 Å². The average Bonchev–Trinajstić information content (AvgIpc) is 2.89. The minimum absolute atomic E-state index is 0.00376. The molecule has 122 valence electrons. The Bertz CT molecular complexity index is 948. The maximum absolute atomic E-state index is 13.0. The van der Waals surface area contributed by atoms with Crippen molar-refractivity contribution in [3.05, 3.63) is 59.4 Å². The fourth-order valence-corrected chi connectivity index (χ4v) is 2.55. The molecule has 4 N–H and O–H groups in total. The van der Waals surface area contributed by atoms with Crippen LogP contribution in [-0.2, 0) is 0 Å². The van der Waals surface area contributed by atoms with Crippen LogP contribution in [0.15, 0.2) is 42.5 Å². The Morgan fingerprint density at radius 2 is 1.83 bits per heavy atom. The SMILES string of the molecule is CN(C(=O)c1ccc(F)cc1)c1ccc2c(C(=O)O)c(N)[nH]c2c1. The number of benzene rings is 2. The Balaban J connectivity index is 1.98. The van der Waals surface area contributed by atoms with E-state index in [1.165, 1.54) is 29.2 Å². The predicted octanol–water partition coefficient (Wildman–Crippen LogP) is 2.86. The van der Waals surface area contributed by atoms with Gasteiger partial charge in [-0.2, -0.15) is 0 Å². The van der Waals surface area contributed by atoms with E-state index in [2.05, 4.69) is 4.98 Å². The maximum atomic E-state index is 13.0. The van der Waals surface area contributed by atoms with E-state index in [1.807, 2.05) is 0 Å². The van der Waals surface area contributed by atoms with Crippen LogP contribution in [0.25, 0.3) is 10.9 Å². The number of rotatable bonds is 3. The highest BCUT2D eigenvalue weighted by Crippen LogP contribution is 2.28. The van der Waals surface area contributed by atoms with Gasteiger partial charge in [0.15, 0.2) is 0 Å². The Morgan fingerprint density at radius 1 is 1.17 bits per heavy atom. The van der Waals surface area contributed by atoms with Gasteiger partial charge in [0.25, 0.3) is 5.91 Å². The minimum Gasteiger partial charge on any atom is -0.478 e. The number of carboxylic acid groups (broad SMARTS) is 1. The monoisotopic (exact) mass is 327 g/mol. The largest absolute Gasteiger partial charge is 0.478 e. The number of H-pyrrole nitrogens is 1. The molecule has 7 heteroatoms. The van der Waals surface area contributed by atoms with Gasteiger partial charge in [0.2, 0.25) is 0 Å². The molecule has 6 nitrogen and oxygen atoms in total. The smallest absolute Gasteiger partial charge is 0.340 e. The Morgan fingerprint density at radius 3 is 2.46 bits per heavy atom. The molecule has 0 atom stereocenters. The molecule has 3 aromatic rings. The molecule has 0 aliphatic rings. The molecule has 0 saturated heterocycles. The van der Waals surface area contributed by atoms with Crippen molar-refractivity contribution in [1.29, 1.82) is 0 Å². The lowest BCUT2D eigenvalue weighted by atomic mass is 10.1. The molecule has 2 aromatic carbocycles. The summed E-state index contributed by atoms with van der Waals surface area (Å²) in [6.45, 7) is 0. The summed E-state index contributed by atoms with van der Waals surface area (Å²) < 4.78 is 13.0. The van der Waals surface area contributed by atoms with Gasteiger partial charge in [-0.05, 0) is 42.5 Å².